The average molecular weight is 588 g/mol. The highest BCUT2D eigenvalue weighted by Gasteiger charge is 2.20. The number of nitrogens with zero attached hydrogens (tertiary/aromatic N) is 7. The Bertz CT molecular complexity index is 2240. The van der Waals surface area contributed by atoms with Crippen LogP contribution < -0.4 is 4.74 Å². The molecule has 0 unspecified atom stereocenters. The van der Waals surface area contributed by atoms with Crippen LogP contribution in [-0.4, -0.2) is 40.8 Å². The summed E-state index contributed by atoms with van der Waals surface area (Å²) < 4.78 is 63.8. The maximum absolute atomic E-state index is 14.2. The fraction of sp³-hybridized carbons (Fsp3) is 0.194. The standard InChI is InChI=1S/C18H14F2N4.C13H11F2N3O/c1-9-8-21-5-4-13(9)18-23-11(3)17-10(2)22-16-14(20)6-12(19)7-15(16)24(17)18;1-6-12-7(2)17-13(19-3)18(12)10-5-8(14)4-9(15)11(10)16-6/h4-8H,1-3H3;4-5H,1-3H3. The molecular formula is C31H25F4N7O. The van der Waals surface area contributed by atoms with Crippen molar-refractivity contribution < 1.29 is 22.3 Å². The third-order valence-electron chi connectivity index (χ3n) is 7.26. The lowest BCUT2D eigenvalue weighted by atomic mass is 10.1. The first-order valence-corrected chi connectivity index (χ1v) is 13.2. The Morgan fingerprint density at radius 1 is 0.651 bits per heavy atom. The molecule has 5 heterocycles. The predicted octanol–water partition coefficient (Wildman–Crippen LogP) is 6.93. The van der Waals surface area contributed by atoms with Gasteiger partial charge in [-0.05, 0) is 46.2 Å². The largest absolute Gasteiger partial charge is 0.468 e. The minimum atomic E-state index is -0.701. The van der Waals surface area contributed by atoms with E-state index in [9.17, 15) is 17.6 Å². The van der Waals surface area contributed by atoms with Gasteiger partial charge in [0, 0.05) is 42.2 Å². The molecule has 12 heteroatoms. The van der Waals surface area contributed by atoms with Crippen molar-refractivity contribution in [2.45, 2.75) is 34.6 Å². The summed E-state index contributed by atoms with van der Waals surface area (Å²) in [5, 5.41) is 0. The van der Waals surface area contributed by atoms with E-state index in [1.807, 2.05) is 19.9 Å². The Kier molecular flexibility index (Phi) is 6.71. The molecule has 7 aromatic rings. The van der Waals surface area contributed by atoms with Gasteiger partial charge >= 0.3 is 6.01 Å². The molecule has 0 fully saturated rings. The molecule has 0 radical (unpaired) electrons. The molecule has 7 rings (SSSR count). The summed E-state index contributed by atoms with van der Waals surface area (Å²) in [4.78, 5) is 21.5. The van der Waals surface area contributed by atoms with Crippen molar-refractivity contribution in [1.29, 1.82) is 0 Å². The van der Waals surface area contributed by atoms with Crippen LogP contribution in [0.2, 0.25) is 0 Å². The molecule has 0 amide bonds. The number of ether oxygens (including phenoxy) is 1. The third-order valence-corrected chi connectivity index (χ3v) is 7.26. The first-order chi connectivity index (χ1) is 20.5. The van der Waals surface area contributed by atoms with Crippen molar-refractivity contribution in [3.8, 4) is 17.4 Å². The topological polar surface area (TPSA) is 82.5 Å². The van der Waals surface area contributed by atoms with E-state index in [4.69, 9.17) is 4.74 Å². The van der Waals surface area contributed by atoms with Gasteiger partial charge in [0.2, 0.25) is 0 Å². The first-order valence-electron chi connectivity index (χ1n) is 13.2. The zero-order valence-electron chi connectivity index (χ0n) is 24.1. The molecule has 2 aromatic carbocycles. The summed E-state index contributed by atoms with van der Waals surface area (Å²) in [5.74, 6) is -2.06. The van der Waals surface area contributed by atoms with E-state index < -0.39 is 23.3 Å². The van der Waals surface area contributed by atoms with Gasteiger partial charge in [0.05, 0.1) is 52.0 Å². The second-order valence-electron chi connectivity index (χ2n) is 10.2. The van der Waals surface area contributed by atoms with Crippen molar-refractivity contribution in [1.82, 2.24) is 33.7 Å². The SMILES string of the molecule is COc1nc(C)c2c(C)nc3c(F)cc(F)cc3n12.Cc1cnccc1-c1nc(C)c2c(C)nc3c(F)cc(F)cc3n12. The van der Waals surface area contributed by atoms with Crippen LogP contribution in [0.25, 0.3) is 44.5 Å². The van der Waals surface area contributed by atoms with Crippen molar-refractivity contribution in [3.05, 3.63) is 94.3 Å². The van der Waals surface area contributed by atoms with E-state index >= 15 is 0 Å². The van der Waals surface area contributed by atoms with Gasteiger partial charge in [-0.3, -0.25) is 13.8 Å². The van der Waals surface area contributed by atoms with Gasteiger partial charge in [-0.25, -0.2) is 32.5 Å². The summed E-state index contributed by atoms with van der Waals surface area (Å²) in [7, 11) is 1.46. The van der Waals surface area contributed by atoms with E-state index in [2.05, 4.69) is 24.9 Å². The number of fused-ring (bicyclic) bond motifs is 6. The van der Waals surface area contributed by atoms with Crippen LogP contribution >= 0.6 is 0 Å². The Balaban J connectivity index is 0.000000157. The number of pyridine rings is 1. The van der Waals surface area contributed by atoms with Gasteiger partial charge in [0.15, 0.2) is 11.6 Å². The fourth-order valence-corrected chi connectivity index (χ4v) is 5.49. The molecule has 0 saturated carbocycles. The molecule has 0 bridgehead atoms. The Morgan fingerprint density at radius 2 is 1.16 bits per heavy atom. The van der Waals surface area contributed by atoms with Gasteiger partial charge in [-0.15, -0.1) is 0 Å². The Hall–Kier alpha value is -5.13. The molecular weight excluding hydrogens is 562 g/mol. The highest BCUT2D eigenvalue weighted by molar-refractivity contribution is 5.85. The smallest absolute Gasteiger partial charge is 0.301 e. The number of methoxy groups -OCH3 is 1. The predicted molar refractivity (Wildman–Crippen MR) is 154 cm³/mol. The lowest BCUT2D eigenvalue weighted by molar-refractivity contribution is 0.379. The molecule has 0 aliphatic rings. The van der Waals surface area contributed by atoms with E-state index in [-0.39, 0.29) is 17.0 Å². The van der Waals surface area contributed by atoms with Crippen LogP contribution in [0.1, 0.15) is 28.3 Å². The number of benzene rings is 2. The second-order valence-corrected chi connectivity index (χ2v) is 10.2. The zero-order valence-corrected chi connectivity index (χ0v) is 24.1. The van der Waals surface area contributed by atoms with Crippen molar-refractivity contribution in [2.75, 3.05) is 7.11 Å². The second kappa shape index (κ2) is 10.3. The fourth-order valence-electron chi connectivity index (χ4n) is 5.49. The summed E-state index contributed by atoms with van der Waals surface area (Å²) in [6.45, 7) is 9.15. The number of aryl methyl sites for hydroxylation is 5. The first kappa shape index (κ1) is 28.0. The number of hydrogen-bond donors (Lipinski definition) is 0. The molecule has 0 atom stereocenters. The van der Waals surface area contributed by atoms with Gasteiger partial charge in [0.1, 0.15) is 28.5 Å². The van der Waals surface area contributed by atoms with Gasteiger partial charge in [-0.1, -0.05) is 0 Å². The molecule has 0 saturated heterocycles. The third kappa shape index (κ3) is 4.49. The van der Waals surface area contributed by atoms with Crippen molar-refractivity contribution >= 4 is 33.1 Å². The van der Waals surface area contributed by atoms with E-state index in [0.717, 1.165) is 34.5 Å². The zero-order chi connectivity index (χ0) is 30.7. The number of imidazole rings is 2. The normalized spacial score (nSPS) is 11.5. The number of hydrogen-bond acceptors (Lipinski definition) is 6. The van der Waals surface area contributed by atoms with Gasteiger partial charge in [-0.2, -0.15) is 4.98 Å². The highest BCUT2D eigenvalue weighted by Crippen LogP contribution is 2.31. The lowest BCUT2D eigenvalue weighted by Gasteiger charge is -2.10. The molecule has 0 N–H and O–H groups in total. The summed E-state index contributed by atoms with van der Waals surface area (Å²) in [6.07, 6.45) is 3.42. The number of aromatic nitrogens is 7. The average Bonchev–Trinajstić information content (AvgIpc) is 3.48. The van der Waals surface area contributed by atoms with Crippen LogP contribution in [0, 0.1) is 57.9 Å². The quantitative estimate of drug-likeness (QED) is 0.204. The maximum atomic E-state index is 14.2. The monoisotopic (exact) mass is 587 g/mol. The molecule has 0 aliphatic carbocycles. The number of halogens is 4. The van der Waals surface area contributed by atoms with Crippen LogP contribution in [0.3, 0.4) is 0 Å². The highest BCUT2D eigenvalue weighted by atomic mass is 19.1. The van der Waals surface area contributed by atoms with E-state index in [1.54, 1.807) is 42.0 Å². The molecule has 0 aliphatic heterocycles. The minimum absolute atomic E-state index is 0.0992. The molecule has 43 heavy (non-hydrogen) atoms. The van der Waals surface area contributed by atoms with Crippen LogP contribution in [0.15, 0.2) is 42.7 Å². The summed E-state index contributed by atoms with van der Waals surface area (Å²) in [6, 6.07) is 6.31. The van der Waals surface area contributed by atoms with E-state index in [0.29, 0.717) is 39.5 Å². The molecule has 5 aromatic heterocycles. The van der Waals surface area contributed by atoms with Crippen molar-refractivity contribution in [2.24, 2.45) is 0 Å². The van der Waals surface area contributed by atoms with Crippen LogP contribution in [0.5, 0.6) is 6.01 Å². The molecule has 0 spiro atoms. The Labute approximate surface area is 242 Å². The minimum Gasteiger partial charge on any atom is -0.468 e. The van der Waals surface area contributed by atoms with E-state index in [1.165, 1.54) is 19.2 Å². The number of rotatable bonds is 2. The molecule has 8 nitrogen and oxygen atoms in total. The van der Waals surface area contributed by atoms with Crippen molar-refractivity contribution in [3.63, 3.8) is 0 Å². The summed E-state index contributed by atoms with van der Waals surface area (Å²) in [5.41, 5.74) is 6.89. The van der Waals surface area contributed by atoms with Gasteiger partial charge in [0.25, 0.3) is 0 Å². The van der Waals surface area contributed by atoms with Gasteiger partial charge < -0.3 is 4.74 Å². The Morgan fingerprint density at radius 3 is 1.72 bits per heavy atom. The maximum Gasteiger partial charge on any atom is 0.301 e. The van der Waals surface area contributed by atoms with Crippen LogP contribution in [0.4, 0.5) is 17.6 Å². The van der Waals surface area contributed by atoms with Crippen LogP contribution in [-0.2, 0) is 0 Å². The lowest BCUT2D eigenvalue weighted by Crippen LogP contribution is -2.00. The molecule has 218 valence electrons. The summed E-state index contributed by atoms with van der Waals surface area (Å²) >= 11 is 0.